The molecule has 31 heavy (non-hydrogen) atoms. The van der Waals surface area contributed by atoms with Gasteiger partial charge in [-0.2, -0.15) is 0 Å². The molecule has 0 amide bonds. The maximum absolute atomic E-state index is 12.4. The number of likely N-dealkylation sites (N-methyl/N-ethyl adjacent to an activating group) is 1. The number of benzene rings is 2. The molecule has 4 rings (SSSR count). The lowest BCUT2D eigenvalue weighted by Gasteiger charge is -2.37. The topological polar surface area (TPSA) is 55.9 Å². The van der Waals surface area contributed by atoms with Gasteiger partial charge in [0.15, 0.2) is 0 Å². The number of piperazine rings is 1. The molecule has 1 aliphatic heterocycles. The molecule has 0 saturated carbocycles. The predicted molar refractivity (Wildman–Crippen MR) is 127 cm³/mol. The molecule has 0 aliphatic carbocycles. The number of rotatable bonds is 8. The van der Waals surface area contributed by atoms with Crippen molar-refractivity contribution >= 4 is 11.4 Å². The molecule has 1 heterocycles. The van der Waals surface area contributed by atoms with Gasteiger partial charge in [-0.1, -0.05) is 60.7 Å². The minimum absolute atomic E-state index is 0.112. The second-order valence-corrected chi connectivity index (χ2v) is 8.40. The van der Waals surface area contributed by atoms with Gasteiger partial charge < -0.3 is 15.1 Å². The Morgan fingerprint density at radius 1 is 0.871 bits per heavy atom. The van der Waals surface area contributed by atoms with Crippen LogP contribution in [-0.4, -0.2) is 56.6 Å². The summed E-state index contributed by atoms with van der Waals surface area (Å²) in [4.78, 5) is 31.3. The van der Waals surface area contributed by atoms with Crippen molar-refractivity contribution in [2.45, 2.75) is 12.6 Å². The lowest BCUT2D eigenvalue weighted by atomic mass is 10.1. The summed E-state index contributed by atoms with van der Waals surface area (Å²) in [7, 11) is 4.04. The fourth-order valence-electron chi connectivity index (χ4n) is 4.29. The smallest absolute Gasteiger partial charge is 0.253 e. The Morgan fingerprint density at radius 3 is 2.10 bits per heavy atom. The first-order chi connectivity index (χ1) is 15.0. The molecule has 1 aliphatic rings. The number of nitrogens with one attached hydrogen (secondary N) is 1. The van der Waals surface area contributed by atoms with Gasteiger partial charge in [0, 0.05) is 39.3 Å². The van der Waals surface area contributed by atoms with Crippen molar-refractivity contribution in [3.05, 3.63) is 92.2 Å². The first-order valence-corrected chi connectivity index (χ1v) is 10.8. The van der Waals surface area contributed by atoms with Gasteiger partial charge in [-0.3, -0.25) is 14.5 Å². The van der Waals surface area contributed by atoms with Crippen molar-refractivity contribution in [2.24, 2.45) is 0 Å². The van der Waals surface area contributed by atoms with E-state index in [0.29, 0.717) is 17.9 Å². The minimum atomic E-state index is -0.396. The van der Waals surface area contributed by atoms with Crippen molar-refractivity contribution < 1.29 is 0 Å². The summed E-state index contributed by atoms with van der Waals surface area (Å²) >= 11 is 0. The largest absolute Gasteiger partial charge is 0.378 e. The molecule has 162 valence electrons. The molecule has 3 aromatic rings. The minimum Gasteiger partial charge on any atom is -0.378 e. The third-order valence-electron chi connectivity index (χ3n) is 6.10. The Hall–Kier alpha value is -2.96. The average Bonchev–Trinajstić information content (AvgIpc) is 2.80. The van der Waals surface area contributed by atoms with Gasteiger partial charge in [-0.05, 0) is 25.2 Å². The molecule has 0 bridgehead atoms. The molecule has 1 fully saturated rings. The van der Waals surface area contributed by atoms with Crippen LogP contribution in [0.4, 0.5) is 11.4 Å². The molecule has 6 heteroatoms. The van der Waals surface area contributed by atoms with Gasteiger partial charge in [0.2, 0.25) is 0 Å². The van der Waals surface area contributed by atoms with Gasteiger partial charge in [-0.15, -0.1) is 0 Å². The zero-order valence-corrected chi connectivity index (χ0v) is 18.3. The lowest BCUT2D eigenvalue weighted by molar-refractivity contribution is 0.249. The third-order valence-corrected chi connectivity index (χ3v) is 6.10. The summed E-state index contributed by atoms with van der Waals surface area (Å²) in [5, 5.41) is 3.29. The van der Waals surface area contributed by atoms with E-state index in [-0.39, 0.29) is 11.5 Å². The van der Waals surface area contributed by atoms with Crippen molar-refractivity contribution in [2.75, 3.05) is 57.0 Å². The van der Waals surface area contributed by atoms with Crippen LogP contribution in [0.1, 0.15) is 17.2 Å². The van der Waals surface area contributed by atoms with Crippen molar-refractivity contribution in [3.8, 4) is 0 Å². The van der Waals surface area contributed by atoms with Gasteiger partial charge in [0.25, 0.3) is 10.9 Å². The molecular weight excluding hydrogens is 388 g/mol. The van der Waals surface area contributed by atoms with Crippen molar-refractivity contribution in [1.82, 2.24) is 9.80 Å². The molecule has 1 saturated heterocycles. The fraction of sp³-hybridized carbons (Fsp3) is 0.360. The van der Waals surface area contributed by atoms with Gasteiger partial charge >= 0.3 is 0 Å². The first kappa shape index (κ1) is 21.3. The Balaban J connectivity index is 1.39. The van der Waals surface area contributed by atoms with E-state index in [2.05, 4.69) is 56.4 Å². The molecular formula is C25H30N4O2. The van der Waals surface area contributed by atoms with Crippen LogP contribution in [0.2, 0.25) is 0 Å². The van der Waals surface area contributed by atoms with Gasteiger partial charge in [-0.25, -0.2) is 0 Å². The Morgan fingerprint density at radius 2 is 1.48 bits per heavy atom. The number of hydrogen-bond donors (Lipinski definition) is 1. The number of anilines is 2. The molecule has 0 spiro atoms. The van der Waals surface area contributed by atoms with Crippen molar-refractivity contribution in [3.63, 3.8) is 0 Å². The summed E-state index contributed by atoms with van der Waals surface area (Å²) in [6.07, 6.45) is 0. The van der Waals surface area contributed by atoms with Crippen LogP contribution < -0.4 is 21.1 Å². The fourth-order valence-corrected chi connectivity index (χ4v) is 4.29. The molecule has 6 nitrogen and oxygen atoms in total. The summed E-state index contributed by atoms with van der Waals surface area (Å²) < 4.78 is 0. The highest BCUT2D eigenvalue weighted by Crippen LogP contribution is 2.24. The predicted octanol–water partition coefficient (Wildman–Crippen LogP) is 2.32. The average molecular weight is 419 g/mol. The maximum atomic E-state index is 12.4. The molecule has 0 aromatic heterocycles. The zero-order chi connectivity index (χ0) is 21.8. The van der Waals surface area contributed by atoms with Gasteiger partial charge in [0.05, 0.1) is 6.04 Å². The molecule has 0 radical (unpaired) electrons. The van der Waals surface area contributed by atoms with Crippen LogP contribution in [-0.2, 0) is 6.54 Å². The van der Waals surface area contributed by atoms with Crippen LogP contribution in [0.15, 0.2) is 70.3 Å². The lowest BCUT2D eigenvalue weighted by Crippen LogP contribution is -2.51. The highest BCUT2D eigenvalue weighted by molar-refractivity contribution is 5.75. The molecule has 1 N–H and O–H groups in total. The number of hydrogen-bond acceptors (Lipinski definition) is 6. The summed E-state index contributed by atoms with van der Waals surface area (Å²) in [6, 6.07) is 20.7. The van der Waals surface area contributed by atoms with E-state index in [1.165, 1.54) is 11.1 Å². The van der Waals surface area contributed by atoms with E-state index in [1.807, 2.05) is 38.4 Å². The van der Waals surface area contributed by atoms with Crippen molar-refractivity contribution in [1.29, 1.82) is 0 Å². The van der Waals surface area contributed by atoms with E-state index in [1.54, 1.807) is 0 Å². The highest BCUT2D eigenvalue weighted by Gasteiger charge is 2.29. The third kappa shape index (κ3) is 4.70. The second-order valence-electron chi connectivity index (χ2n) is 8.40. The SMILES string of the molecule is CN(C)[C@H](CNc1c(N2CCN(Cc3ccccc3)CC2)c(=O)c1=O)c1ccccc1. The van der Waals surface area contributed by atoms with E-state index < -0.39 is 5.43 Å². The maximum Gasteiger partial charge on any atom is 0.253 e. The normalized spacial score (nSPS) is 16.0. The zero-order valence-electron chi connectivity index (χ0n) is 18.3. The van der Waals surface area contributed by atoms with Gasteiger partial charge in [0.1, 0.15) is 11.4 Å². The Labute approximate surface area is 183 Å². The second kappa shape index (κ2) is 9.45. The summed E-state index contributed by atoms with van der Waals surface area (Å²) in [5.74, 6) is 0. The van der Waals surface area contributed by atoms with Crippen LogP contribution in [0.5, 0.6) is 0 Å². The standard InChI is InChI=1S/C25H30N4O2/c1-27(2)21(20-11-7-4-8-12-20)17-26-22-23(25(31)24(22)30)29-15-13-28(14-16-29)18-19-9-5-3-6-10-19/h3-12,21,26H,13-18H2,1-2H3/t21-/m1/s1. The van der Waals surface area contributed by atoms with E-state index in [4.69, 9.17) is 0 Å². The first-order valence-electron chi connectivity index (χ1n) is 10.8. The molecule has 0 unspecified atom stereocenters. The summed E-state index contributed by atoms with van der Waals surface area (Å²) in [6.45, 7) is 4.73. The van der Waals surface area contributed by atoms with Crippen LogP contribution >= 0.6 is 0 Å². The van der Waals surface area contributed by atoms with E-state index in [0.717, 1.165) is 32.7 Å². The summed E-state index contributed by atoms with van der Waals surface area (Å²) in [5.41, 5.74) is 2.75. The molecule has 1 atom stereocenters. The highest BCUT2D eigenvalue weighted by atomic mass is 16.2. The number of nitrogens with zero attached hydrogens (tertiary/aromatic N) is 3. The molecule has 3 aromatic carbocycles. The monoisotopic (exact) mass is 418 g/mol. The van der Waals surface area contributed by atoms with Crippen LogP contribution in [0.25, 0.3) is 0 Å². The quantitative estimate of drug-likeness (QED) is 0.567. The van der Waals surface area contributed by atoms with Crippen LogP contribution in [0, 0.1) is 0 Å². The Bertz CT molecular complexity index is 1050. The van der Waals surface area contributed by atoms with E-state index >= 15 is 0 Å². The van der Waals surface area contributed by atoms with Crippen LogP contribution in [0.3, 0.4) is 0 Å². The Kier molecular flexibility index (Phi) is 6.49. The van der Waals surface area contributed by atoms with E-state index in [9.17, 15) is 9.59 Å².